The van der Waals surface area contributed by atoms with Gasteiger partial charge in [0.05, 0.1) is 10.6 Å². The minimum Gasteiger partial charge on any atom is -0.493 e. The number of allylic oxidation sites excluding steroid dienone is 1. The third-order valence-electron chi connectivity index (χ3n) is 3.64. The third-order valence-corrected chi connectivity index (χ3v) is 5.03. The summed E-state index contributed by atoms with van der Waals surface area (Å²) >= 11 is 6.70. The maximum Gasteiger partial charge on any atom is 0.210 e. The van der Waals surface area contributed by atoms with E-state index in [9.17, 15) is 5.11 Å². The Kier molecular flexibility index (Phi) is 3.78. The van der Waals surface area contributed by atoms with Crippen molar-refractivity contribution in [2.24, 2.45) is 4.99 Å². The van der Waals surface area contributed by atoms with Crippen molar-refractivity contribution in [2.45, 2.75) is 26.8 Å². The number of benzene rings is 1. The lowest BCUT2D eigenvalue weighted by Gasteiger charge is -2.04. The van der Waals surface area contributed by atoms with Gasteiger partial charge in [-0.3, -0.25) is 9.56 Å². The van der Waals surface area contributed by atoms with E-state index in [1.807, 2.05) is 19.2 Å². The Morgan fingerprint density at radius 3 is 2.86 bits per heavy atom. The molecule has 1 N–H and O–H groups in total. The molecule has 0 amide bonds. The van der Waals surface area contributed by atoms with Crippen LogP contribution in [-0.4, -0.2) is 15.9 Å². The molecular formula is C16H16N2OS2. The minimum atomic E-state index is 0.244. The first-order valence-electron chi connectivity index (χ1n) is 6.96. The highest BCUT2D eigenvalue weighted by Gasteiger charge is 2.16. The molecule has 0 saturated heterocycles. The molecule has 0 bridgehead atoms. The Labute approximate surface area is 132 Å². The predicted octanol–water partition coefficient (Wildman–Crippen LogP) is 4.82. The molecule has 3 rings (SSSR count). The Balaban J connectivity index is 2.10. The number of hydrogen-bond donors (Lipinski definition) is 1. The number of aryl methyl sites for hydroxylation is 1. The van der Waals surface area contributed by atoms with Crippen LogP contribution in [0.1, 0.15) is 29.9 Å². The number of hydrogen-bond acceptors (Lipinski definition) is 4. The van der Waals surface area contributed by atoms with Gasteiger partial charge in [0.1, 0.15) is 0 Å². The number of aromatic hydroxyl groups is 1. The summed E-state index contributed by atoms with van der Waals surface area (Å²) in [5, 5.41) is 10.2. The van der Waals surface area contributed by atoms with Crippen molar-refractivity contribution < 1.29 is 5.11 Å². The predicted molar refractivity (Wildman–Crippen MR) is 92.3 cm³/mol. The van der Waals surface area contributed by atoms with E-state index in [0.29, 0.717) is 10.5 Å². The van der Waals surface area contributed by atoms with Crippen molar-refractivity contribution in [3.63, 3.8) is 0 Å². The van der Waals surface area contributed by atoms with Gasteiger partial charge in [0.15, 0.2) is 3.95 Å². The standard InChI is InChI=1S/C16H16N2OS2/c1-3-10-6-5-7-12-11(9-17-14(10)12)8-13-15(19)18(4-2)16(20)21-13/h5-9,19H,3-4H2,1-2H3. The molecule has 0 spiro atoms. The molecule has 2 aromatic rings. The molecule has 3 nitrogen and oxygen atoms in total. The van der Waals surface area contributed by atoms with Crippen LogP contribution in [0, 0.1) is 3.95 Å². The number of fused-ring (bicyclic) bond motifs is 1. The number of rotatable bonds is 3. The lowest BCUT2D eigenvalue weighted by atomic mass is 10.0. The molecule has 0 atom stereocenters. The summed E-state index contributed by atoms with van der Waals surface area (Å²) in [5.74, 6) is 0.244. The van der Waals surface area contributed by atoms with Crippen LogP contribution in [0.15, 0.2) is 23.2 Å². The molecular weight excluding hydrogens is 300 g/mol. The molecule has 0 radical (unpaired) electrons. The summed E-state index contributed by atoms with van der Waals surface area (Å²) in [6.45, 7) is 4.78. The van der Waals surface area contributed by atoms with E-state index in [1.165, 1.54) is 16.9 Å². The van der Waals surface area contributed by atoms with E-state index in [1.54, 1.807) is 4.57 Å². The van der Waals surface area contributed by atoms with E-state index in [0.717, 1.165) is 28.1 Å². The van der Waals surface area contributed by atoms with E-state index in [-0.39, 0.29) is 5.88 Å². The number of aliphatic imine (C=N–C) groups is 1. The molecule has 0 aliphatic carbocycles. The highest BCUT2D eigenvalue weighted by atomic mass is 32.1. The average molecular weight is 316 g/mol. The van der Waals surface area contributed by atoms with Crippen LogP contribution in [0.2, 0.25) is 0 Å². The van der Waals surface area contributed by atoms with Gasteiger partial charge in [0, 0.05) is 23.9 Å². The molecule has 1 aliphatic heterocycles. The van der Waals surface area contributed by atoms with Gasteiger partial charge in [-0.1, -0.05) is 25.1 Å². The van der Waals surface area contributed by atoms with Crippen LogP contribution < -0.4 is 0 Å². The SMILES string of the molecule is CCc1cccc2c1N=CC2=Cc1sc(=S)n(CC)c1O. The lowest BCUT2D eigenvalue weighted by Crippen LogP contribution is -1.91. The smallest absolute Gasteiger partial charge is 0.210 e. The largest absolute Gasteiger partial charge is 0.493 e. The first-order chi connectivity index (χ1) is 10.2. The Morgan fingerprint density at radius 1 is 1.38 bits per heavy atom. The van der Waals surface area contributed by atoms with Crippen LogP contribution in [-0.2, 0) is 13.0 Å². The van der Waals surface area contributed by atoms with Crippen LogP contribution in [0.3, 0.4) is 0 Å². The normalized spacial score (nSPS) is 14.9. The van der Waals surface area contributed by atoms with Crippen LogP contribution >= 0.6 is 23.6 Å². The Morgan fingerprint density at radius 2 is 2.19 bits per heavy atom. The van der Waals surface area contributed by atoms with Crippen molar-refractivity contribution in [1.29, 1.82) is 0 Å². The molecule has 2 heterocycles. The third kappa shape index (κ3) is 2.36. The zero-order chi connectivity index (χ0) is 15.0. The van der Waals surface area contributed by atoms with Crippen molar-refractivity contribution in [3.05, 3.63) is 38.2 Å². The second-order valence-corrected chi connectivity index (χ2v) is 6.50. The molecule has 108 valence electrons. The van der Waals surface area contributed by atoms with Gasteiger partial charge in [0.2, 0.25) is 5.88 Å². The second-order valence-electron chi connectivity index (χ2n) is 4.82. The van der Waals surface area contributed by atoms with Gasteiger partial charge in [0.25, 0.3) is 0 Å². The average Bonchev–Trinajstić information content (AvgIpc) is 3.01. The molecule has 1 aromatic heterocycles. The number of para-hydroxylation sites is 1. The van der Waals surface area contributed by atoms with Gasteiger partial charge in [-0.05, 0) is 37.2 Å². The fourth-order valence-corrected chi connectivity index (χ4v) is 3.90. The summed E-state index contributed by atoms with van der Waals surface area (Å²) in [5.41, 5.74) is 4.44. The maximum atomic E-state index is 10.2. The molecule has 0 saturated carbocycles. The molecule has 1 aromatic carbocycles. The van der Waals surface area contributed by atoms with Gasteiger partial charge >= 0.3 is 0 Å². The van der Waals surface area contributed by atoms with E-state index < -0.39 is 0 Å². The molecule has 0 unspecified atom stereocenters. The summed E-state index contributed by atoms with van der Waals surface area (Å²) in [7, 11) is 0. The first-order valence-corrected chi connectivity index (χ1v) is 8.18. The van der Waals surface area contributed by atoms with Crippen LogP contribution in [0.25, 0.3) is 11.6 Å². The minimum absolute atomic E-state index is 0.244. The van der Waals surface area contributed by atoms with Gasteiger partial charge in [-0.2, -0.15) is 0 Å². The maximum absolute atomic E-state index is 10.2. The topological polar surface area (TPSA) is 37.5 Å². The number of thiazole rings is 1. The van der Waals surface area contributed by atoms with Gasteiger partial charge in [-0.15, -0.1) is 11.3 Å². The van der Waals surface area contributed by atoms with Crippen LogP contribution in [0.5, 0.6) is 5.88 Å². The van der Waals surface area contributed by atoms with E-state index in [4.69, 9.17) is 12.2 Å². The van der Waals surface area contributed by atoms with Crippen LogP contribution in [0.4, 0.5) is 5.69 Å². The number of nitrogens with zero attached hydrogens (tertiary/aromatic N) is 2. The fourth-order valence-electron chi connectivity index (χ4n) is 2.51. The lowest BCUT2D eigenvalue weighted by molar-refractivity contribution is 0.419. The molecule has 21 heavy (non-hydrogen) atoms. The highest BCUT2D eigenvalue weighted by Crippen LogP contribution is 2.38. The van der Waals surface area contributed by atoms with E-state index in [2.05, 4.69) is 30.1 Å². The van der Waals surface area contributed by atoms with Crippen molar-refractivity contribution in [1.82, 2.24) is 4.57 Å². The first kappa shape index (κ1) is 14.2. The quantitative estimate of drug-likeness (QED) is 0.824. The summed E-state index contributed by atoms with van der Waals surface area (Å²) in [4.78, 5) is 5.31. The zero-order valence-electron chi connectivity index (χ0n) is 12.0. The summed E-state index contributed by atoms with van der Waals surface area (Å²) in [6, 6.07) is 6.23. The molecule has 5 heteroatoms. The van der Waals surface area contributed by atoms with Crippen molar-refractivity contribution in [2.75, 3.05) is 0 Å². The Hall–Kier alpha value is -1.72. The monoisotopic (exact) mass is 316 g/mol. The zero-order valence-corrected chi connectivity index (χ0v) is 13.6. The van der Waals surface area contributed by atoms with Crippen molar-refractivity contribution in [3.8, 4) is 5.88 Å². The van der Waals surface area contributed by atoms with E-state index >= 15 is 0 Å². The molecule has 0 fully saturated rings. The fraction of sp³-hybridized carbons (Fsp3) is 0.250. The summed E-state index contributed by atoms with van der Waals surface area (Å²) in [6.07, 6.45) is 4.79. The second kappa shape index (κ2) is 5.58. The summed E-state index contributed by atoms with van der Waals surface area (Å²) < 4.78 is 2.43. The number of aromatic nitrogens is 1. The molecule has 1 aliphatic rings. The van der Waals surface area contributed by atoms with Gasteiger partial charge < -0.3 is 5.11 Å². The van der Waals surface area contributed by atoms with Gasteiger partial charge in [-0.25, -0.2) is 0 Å². The highest BCUT2D eigenvalue weighted by molar-refractivity contribution is 7.73. The Bertz CT molecular complexity index is 812. The van der Waals surface area contributed by atoms with Crippen molar-refractivity contribution >= 4 is 47.1 Å².